The maximum absolute atomic E-state index is 12.6. The Balaban J connectivity index is 1.39. The van der Waals surface area contributed by atoms with Gasteiger partial charge >= 0.3 is 0 Å². The molecule has 3 heterocycles. The molecule has 1 saturated heterocycles. The maximum atomic E-state index is 12.6. The zero-order chi connectivity index (χ0) is 21.3. The van der Waals surface area contributed by atoms with Crippen molar-refractivity contribution in [3.63, 3.8) is 0 Å². The van der Waals surface area contributed by atoms with Crippen LogP contribution in [0, 0.1) is 0 Å². The second kappa shape index (κ2) is 8.90. The quantitative estimate of drug-likeness (QED) is 0.479. The van der Waals surface area contributed by atoms with E-state index >= 15 is 0 Å². The molecule has 5 nitrogen and oxygen atoms in total. The average molecular weight is 426 g/mol. The highest BCUT2D eigenvalue weighted by atomic mass is 32.1. The summed E-state index contributed by atoms with van der Waals surface area (Å²) in [6.07, 6.45) is 5.46. The van der Waals surface area contributed by atoms with Gasteiger partial charge in [0.05, 0.1) is 28.9 Å². The molecule has 0 amide bonds. The van der Waals surface area contributed by atoms with Crippen LogP contribution in [0.1, 0.15) is 53.0 Å². The third-order valence-corrected chi connectivity index (χ3v) is 7.21. The van der Waals surface area contributed by atoms with Crippen molar-refractivity contribution in [3.8, 4) is 16.2 Å². The molecule has 1 fully saturated rings. The maximum Gasteiger partial charge on any atom is 0.275 e. The second-order valence-corrected chi connectivity index (χ2v) is 9.70. The predicted octanol–water partition coefficient (Wildman–Crippen LogP) is 5.35. The fraction of sp³-hybridized carbons (Fsp3) is 0.500. The Hall–Kier alpha value is -2.18. The number of hydrogen-bond donors (Lipinski definition) is 0. The Morgan fingerprint density at radius 2 is 1.87 bits per heavy atom. The van der Waals surface area contributed by atoms with Gasteiger partial charge in [0.15, 0.2) is 0 Å². The first-order valence-electron chi connectivity index (χ1n) is 10.9. The minimum atomic E-state index is -0.0217. The number of benzene rings is 1. The van der Waals surface area contributed by atoms with E-state index in [-0.39, 0.29) is 11.6 Å². The third-order valence-electron chi connectivity index (χ3n) is 6.09. The molecule has 0 saturated carbocycles. The van der Waals surface area contributed by atoms with Crippen molar-refractivity contribution in [1.82, 2.24) is 14.7 Å². The zero-order valence-electron chi connectivity index (χ0n) is 18.3. The van der Waals surface area contributed by atoms with Gasteiger partial charge in [-0.15, -0.1) is 11.3 Å². The van der Waals surface area contributed by atoms with Gasteiger partial charge in [0.25, 0.3) is 5.56 Å². The molecule has 0 spiro atoms. The van der Waals surface area contributed by atoms with Gasteiger partial charge in [-0.3, -0.25) is 9.69 Å². The standard InChI is InChI=1S/C24H31N3O2S/c1-16(2)27-24(28)21-14-22(30-23(21)15-25-27)19-8-10-20(11-9-19)29-13-5-12-26-17(3)6-7-18(26)4/h8-11,14-18H,5-7,12-13H2,1-4H3. The number of ether oxygens (including phenoxy) is 1. The Kier molecular flexibility index (Phi) is 6.25. The fourth-order valence-corrected chi connectivity index (χ4v) is 5.33. The van der Waals surface area contributed by atoms with Gasteiger partial charge in [0.2, 0.25) is 0 Å². The minimum Gasteiger partial charge on any atom is -0.494 e. The lowest BCUT2D eigenvalue weighted by atomic mass is 10.1. The van der Waals surface area contributed by atoms with Crippen LogP contribution in [0.25, 0.3) is 20.5 Å². The van der Waals surface area contributed by atoms with Crippen molar-refractivity contribution in [1.29, 1.82) is 0 Å². The summed E-state index contributed by atoms with van der Waals surface area (Å²) in [5.74, 6) is 0.895. The molecule has 0 N–H and O–H groups in total. The molecule has 4 rings (SSSR count). The van der Waals surface area contributed by atoms with Crippen LogP contribution in [0.2, 0.25) is 0 Å². The SMILES string of the molecule is CC1CCC(C)N1CCCOc1ccc(-c2cc3c(=O)n(C(C)C)ncc3s2)cc1. The molecule has 1 aliphatic heterocycles. The predicted molar refractivity (Wildman–Crippen MR) is 125 cm³/mol. The third kappa shape index (κ3) is 4.30. The van der Waals surface area contributed by atoms with Crippen LogP contribution >= 0.6 is 11.3 Å². The molecule has 2 atom stereocenters. The number of fused-ring (bicyclic) bond motifs is 1. The normalized spacial score (nSPS) is 19.8. The summed E-state index contributed by atoms with van der Waals surface area (Å²) in [6, 6.07) is 11.6. The minimum absolute atomic E-state index is 0.0217. The number of likely N-dealkylation sites (tertiary alicyclic amines) is 1. The summed E-state index contributed by atoms with van der Waals surface area (Å²) in [5, 5.41) is 5.04. The van der Waals surface area contributed by atoms with Crippen molar-refractivity contribution >= 4 is 21.4 Å². The van der Waals surface area contributed by atoms with Crippen molar-refractivity contribution in [2.24, 2.45) is 0 Å². The summed E-state index contributed by atoms with van der Waals surface area (Å²) in [5.41, 5.74) is 1.07. The molecule has 6 heteroatoms. The molecule has 0 bridgehead atoms. The van der Waals surface area contributed by atoms with Crippen LogP contribution in [0.15, 0.2) is 41.3 Å². The first kappa shape index (κ1) is 21.1. The van der Waals surface area contributed by atoms with Crippen LogP contribution < -0.4 is 10.3 Å². The topological polar surface area (TPSA) is 47.4 Å². The molecule has 0 aliphatic carbocycles. The first-order chi connectivity index (χ1) is 14.4. The number of aromatic nitrogens is 2. The van der Waals surface area contributed by atoms with E-state index < -0.39 is 0 Å². The van der Waals surface area contributed by atoms with E-state index in [1.807, 2.05) is 32.0 Å². The molecule has 0 radical (unpaired) electrons. The molecule has 2 unspecified atom stereocenters. The Morgan fingerprint density at radius 3 is 2.53 bits per heavy atom. The summed E-state index contributed by atoms with van der Waals surface area (Å²) in [4.78, 5) is 16.3. The highest BCUT2D eigenvalue weighted by Crippen LogP contribution is 2.32. The fourth-order valence-electron chi connectivity index (χ4n) is 4.31. The molecule has 3 aromatic rings. The molecule has 1 aromatic carbocycles. The van der Waals surface area contributed by atoms with Crippen molar-refractivity contribution in [2.45, 2.75) is 65.1 Å². The van der Waals surface area contributed by atoms with Crippen LogP contribution in [0.4, 0.5) is 0 Å². The average Bonchev–Trinajstić information content (AvgIpc) is 3.30. The lowest BCUT2D eigenvalue weighted by Crippen LogP contribution is -2.34. The van der Waals surface area contributed by atoms with E-state index in [1.54, 1.807) is 22.2 Å². The Morgan fingerprint density at radius 1 is 1.17 bits per heavy atom. The van der Waals surface area contributed by atoms with Crippen molar-refractivity contribution in [2.75, 3.05) is 13.2 Å². The number of nitrogens with zero attached hydrogens (tertiary/aromatic N) is 3. The van der Waals surface area contributed by atoms with Gasteiger partial charge in [-0.1, -0.05) is 0 Å². The molecule has 1 aliphatic rings. The van der Waals surface area contributed by atoms with E-state index in [2.05, 4.69) is 36.0 Å². The second-order valence-electron chi connectivity index (χ2n) is 8.62. The van der Waals surface area contributed by atoms with Crippen molar-refractivity contribution in [3.05, 3.63) is 46.9 Å². The van der Waals surface area contributed by atoms with Crippen LogP contribution in [-0.2, 0) is 0 Å². The number of thiophene rings is 1. The largest absolute Gasteiger partial charge is 0.494 e. The monoisotopic (exact) mass is 425 g/mol. The number of rotatable bonds is 7. The Labute approximate surface area is 182 Å². The van der Waals surface area contributed by atoms with Gasteiger partial charge in [-0.05, 0) is 82.9 Å². The molecular weight excluding hydrogens is 394 g/mol. The highest BCUT2D eigenvalue weighted by molar-refractivity contribution is 7.22. The highest BCUT2D eigenvalue weighted by Gasteiger charge is 2.26. The zero-order valence-corrected chi connectivity index (χ0v) is 19.1. The van der Waals surface area contributed by atoms with Crippen LogP contribution in [0.5, 0.6) is 5.75 Å². The van der Waals surface area contributed by atoms with E-state index in [0.717, 1.165) is 45.8 Å². The van der Waals surface area contributed by atoms with Gasteiger partial charge in [0, 0.05) is 23.5 Å². The van der Waals surface area contributed by atoms with Crippen molar-refractivity contribution < 1.29 is 4.74 Å². The van der Waals surface area contributed by atoms with E-state index in [0.29, 0.717) is 12.1 Å². The van der Waals surface area contributed by atoms with E-state index in [4.69, 9.17) is 4.74 Å². The summed E-state index contributed by atoms with van der Waals surface area (Å²) in [7, 11) is 0. The van der Waals surface area contributed by atoms with Crippen LogP contribution in [-0.4, -0.2) is 39.9 Å². The van der Waals surface area contributed by atoms with E-state index in [9.17, 15) is 4.79 Å². The summed E-state index contributed by atoms with van der Waals surface area (Å²) >= 11 is 1.60. The smallest absolute Gasteiger partial charge is 0.275 e. The lowest BCUT2D eigenvalue weighted by Gasteiger charge is -2.25. The van der Waals surface area contributed by atoms with Gasteiger partial charge in [-0.2, -0.15) is 5.10 Å². The summed E-state index contributed by atoms with van der Waals surface area (Å²) < 4.78 is 8.43. The molecule has 2 aromatic heterocycles. The Bertz CT molecular complexity index is 1040. The van der Waals surface area contributed by atoms with Gasteiger partial charge in [0.1, 0.15) is 5.75 Å². The molecule has 30 heavy (non-hydrogen) atoms. The van der Waals surface area contributed by atoms with Crippen LogP contribution in [0.3, 0.4) is 0 Å². The molecule has 160 valence electrons. The summed E-state index contributed by atoms with van der Waals surface area (Å²) in [6.45, 7) is 10.4. The lowest BCUT2D eigenvalue weighted by molar-refractivity contribution is 0.191. The van der Waals surface area contributed by atoms with Gasteiger partial charge < -0.3 is 4.74 Å². The number of hydrogen-bond acceptors (Lipinski definition) is 5. The first-order valence-corrected chi connectivity index (χ1v) is 11.8. The molecular formula is C24H31N3O2S. The van der Waals surface area contributed by atoms with E-state index in [1.165, 1.54) is 12.8 Å². The van der Waals surface area contributed by atoms with Gasteiger partial charge in [-0.25, -0.2) is 4.68 Å².